The van der Waals surface area contributed by atoms with Crippen molar-refractivity contribution in [3.8, 4) is 5.75 Å². The lowest BCUT2D eigenvalue weighted by atomic mass is 9.87. The molecule has 1 unspecified atom stereocenters. The van der Waals surface area contributed by atoms with E-state index in [1.165, 1.54) is 10.4 Å². The number of ketones is 1. The van der Waals surface area contributed by atoms with Gasteiger partial charge in [0.2, 0.25) is 0 Å². The molecule has 0 spiro atoms. The lowest BCUT2D eigenvalue weighted by molar-refractivity contribution is 0.0798. The van der Waals surface area contributed by atoms with Crippen LogP contribution >= 0.6 is 0 Å². The van der Waals surface area contributed by atoms with E-state index < -0.39 is 0 Å². The Bertz CT molecular complexity index is 819. The molecule has 0 saturated carbocycles. The van der Waals surface area contributed by atoms with E-state index in [1.54, 1.807) is 0 Å². The Balaban J connectivity index is 1.68. The zero-order valence-corrected chi connectivity index (χ0v) is 11.7. The molecule has 0 radical (unpaired) electrons. The van der Waals surface area contributed by atoms with Gasteiger partial charge in [0, 0.05) is 12.3 Å². The summed E-state index contributed by atoms with van der Waals surface area (Å²) in [7, 11) is 0. The molecule has 0 bridgehead atoms. The summed E-state index contributed by atoms with van der Waals surface area (Å²) in [5.74, 6) is 1.18. The normalized spacial score (nSPS) is 23.1. The first-order valence-corrected chi connectivity index (χ1v) is 7.37. The van der Waals surface area contributed by atoms with Gasteiger partial charge in [0.1, 0.15) is 11.9 Å². The fourth-order valence-electron chi connectivity index (χ4n) is 3.21. The molecule has 2 nitrogen and oxygen atoms in total. The summed E-state index contributed by atoms with van der Waals surface area (Å²) in [6.45, 7) is 0. The van der Waals surface area contributed by atoms with Crippen LogP contribution in [0.3, 0.4) is 0 Å². The van der Waals surface area contributed by atoms with Gasteiger partial charge in [-0.1, -0.05) is 48.6 Å². The number of fused-ring (bicyclic) bond motifs is 2. The highest BCUT2D eigenvalue weighted by Gasteiger charge is 2.31. The van der Waals surface area contributed by atoms with E-state index in [0.29, 0.717) is 12.0 Å². The minimum atomic E-state index is -0.0583. The number of ether oxygens (including phenoxy) is 1. The van der Waals surface area contributed by atoms with Gasteiger partial charge in [-0.15, -0.1) is 0 Å². The van der Waals surface area contributed by atoms with Gasteiger partial charge in [0.25, 0.3) is 0 Å². The van der Waals surface area contributed by atoms with Crippen LogP contribution in [-0.4, -0.2) is 11.9 Å². The van der Waals surface area contributed by atoms with Crippen molar-refractivity contribution >= 4 is 17.9 Å². The molecule has 2 aromatic rings. The van der Waals surface area contributed by atoms with Crippen LogP contribution in [0.15, 0.2) is 48.5 Å². The number of carbonyl (C=O) groups is 1. The van der Waals surface area contributed by atoms with E-state index in [2.05, 4.69) is 30.4 Å². The topological polar surface area (TPSA) is 26.3 Å². The van der Waals surface area contributed by atoms with Gasteiger partial charge in [-0.3, -0.25) is 4.79 Å². The third-order valence-corrected chi connectivity index (χ3v) is 4.33. The van der Waals surface area contributed by atoms with E-state index >= 15 is 0 Å². The number of Topliss-reactive ketones (excluding diaryl/α,β-unsaturated/α-hetero) is 1. The van der Waals surface area contributed by atoms with Crippen molar-refractivity contribution in [1.29, 1.82) is 0 Å². The molecule has 0 amide bonds. The highest BCUT2D eigenvalue weighted by atomic mass is 16.5. The fourth-order valence-corrected chi connectivity index (χ4v) is 3.21. The summed E-state index contributed by atoms with van der Waals surface area (Å²) in [6, 6.07) is 15.9. The van der Waals surface area contributed by atoms with Crippen LogP contribution in [0.4, 0.5) is 0 Å². The van der Waals surface area contributed by atoms with Crippen LogP contribution < -0.4 is 15.2 Å². The van der Waals surface area contributed by atoms with Gasteiger partial charge in [-0.05, 0) is 29.0 Å². The summed E-state index contributed by atoms with van der Waals surface area (Å²) in [5.41, 5.74) is 0.717. The number of hydrogen-bond donors (Lipinski definition) is 0. The molecule has 104 valence electrons. The van der Waals surface area contributed by atoms with Gasteiger partial charge >= 0.3 is 0 Å². The van der Waals surface area contributed by atoms with Crippen LogP contribution in [0.25, 0.3) is 12.2 Å². The Labute approximate surface area is 123 Å². The van der Waals surface area contributed by atoms with Crippen LogP contribution in [0.2, 0.25) is 0 Å². The lowest BCUT2D eigenvalue weighted by Gasteiger charge is -2.30. The van der Waals surface area contributed by atoms with Crippen molar-refractivity contribution in [2.45, 2.75) is 18.9 Å². The first-order chi connectivity index (χ1) is 10.3. The van der Waals surface area contributed by atoms with Gasteiger partial charge in [0.05, 0.1) is 5.56 Å². The largest absolute Gasteiger partial charge is 0.489 e. The molecular weight excluding hydrogens is 260 g/mol. The monoisotopic (exact) mass is 276 g/mol. The fraction of sp³-hybridized carbons (Fsp3) is 0.211. The first kappa shape index (κ1) is 12.4. The molecule has 21 heavy (non-hydrogen) atoms. The van der Waals surface area contributed by atoms with Gasteiger partial charge in [-0.25, -0.2) is 0 Å². The molecule has 0 N–H and O–H groups in total. The molecule has 2 aromatic carbocycles. The Morgan fingerprint density at radius 3 is 2.62 bits per heavy atom. The third kappa shape index (κ3) is 2.17. The first-order valence-electron chi connectivity index (χ1n) is 7.37. The quantitative estimate of drug-likeness (QED) is 0.799. The lowest BCUT2D eigenvalue weighted by Crippen LogP contribution is -2.37. The Hall–Kier alpha value is -2.35. The minimum Gasteiger partial charge on any atom is -0.489 e. The second-order valence-electron chi connectivity index (χ2n) is 5.68. The van der Waals surface area contributed by atoms with Gasteiger partial charge in [0.15, 0.2) is 5.78 Å². The molecule has 1 aliphatic heterocycles. The predicted molar refractivity (Wildman–Crippen MR) is 82.5 cm³/mol. The molecule has 0 aromatic heterocycles. The zero-order valence-electron chi connectivity index (χ0n) is 11.7. The van der Waals surface area contributed by atoms with Crippen LogP contribution in [0.5, 0.6) is 5.75 Å². The summed E-state index contributed by atoms with van der Waals surface area (Å²) in [4.78, 5) is 12.3. The second-order valence-corrected chi connectivity index (χ2v) is 5.68. The molecule has 1 aliphatic carbocycles. The third-order valence-electron chi connectivity index (χ3n) is 4.33. The van der Waals surface area contributed by atoms with E-state index in [4.69, 9.17) is 4.74 Å². The van der Waals surface area contributed by atoms with Crippen LogP contribution in [0, 0.1) is 5.92 Å². The molecule has 2 aliphatic rings. The highest BCUT2D eigenvalue weighted by molar-refractivity contribution is 6.00. The average molecular weight is 276 g/mol. The zero-order chi connectivity index (χ0) is 14.2. The minimum absolute atomic E-state index is 0.0583. The maximum absolute atomic E-state index is 12.3. The standard InChI is InChI=1S/C19H16O2/c20-17-12-19(21-18-8-4-3-7-16(17)18)15-10-9-13-5-1-2-6-14(13)11-15/h1-9,11,15,19H,10,12H2/t15?,19-/m1/s1. The molecule has 2 atom stereocenters. The predicted octanol–water partition coefficient (Wildman–Crippen LogP) is 2.30. The van der Waals surface area contributed by atoms with E-state index in [9.17, 15) is 4.79 Å². The Morgan fingerprint density at radius 1 is 0.952 bits per heavy atom. The maximum Gasteiger partial charge on any atom is 0.170 e. The van der Waals surface area contributed by atoms with Crippen molar-refractivity contribution < 1.29 is 9.53 Å². The number of rotatable bonds is 1. The Morgan fingerprint density at radius 2 is 1.71 bits per heavy atom. The molecule has 2 heteroatoms. The summed E-state index contributed by atoms with van der Waals surface area (Å²) in [5, 5.41) is 2.51. The number of hydrogen-bond acceptors (Lipinski definition) is 2. The van der Waals surface area contributed by atoms with E-state index in [-0.39, 0.29) is 17.8 Å². The number of carbonyl (C=O) groups excluding carboxylic acids is 1. The van der Waals surface area contributed by atoms with Crippen molar-refractivity contribution in [3.05, 3.63) is 64.5 Å². The van der Waals surface area contributed by atoms with Gasteiger partial charge < -0.3 is 4.74 Å². The Kier molecular flexibility index (Phi) is 2.88. The number of para-hydroxylation sites is 1. The number of benzene rings is 2. The smallest absolute Gasteiger partial charge is 0.170 e. The van der Waals surface area contributed by atoms with E-state index in [1.807, 2.05) is 30.3 Å². The molecule has 0 saturated heterocycles. The summed E-state index contributed by atoms with van der Waals surface area (Å²) in [6.07, 6.45) is 5.83. The highest BCUT2D eigenvalue weighted by Crippen LogP contribution is 2.32. The van der Waals surface area contributed by atoms with Crippen molar-refractivity contribution in [3.63, 3.8) is 0 Å². The van der Waals surface area contributed by atoms with Crippen LogP contribution in [-0.2, 0) is 0 Å². The summed E-state index contributed by atoms with van der Waals surface area (Å²) < 4.78 is 6.08. The van der Waals surface area contributed by atoms with Crippen LogP contribution in [0.1, 0.15) is 23.2 Å². The van der Waals surface area contributed by atoms with Crippen molar-refractivity contribution in [1.82, 2.24) is 0 Å². The maximum atomic E-state index is 12.3. The molecule has 0 fully saturated rings. The average Bonchev–Trinajstić information content (AvgIpc) is 2.54. The second kappa shape index (κ2) is 4.88. The van der Waals surface area contributed by atoms with E-state index in [0.717, 1.165) is 12.2 Å². The molecule has 1 heterocycles. The molecular formula is C19H16O2. The van der Waals surface area contributed by atoms with Gasteiger partial charge in [-0.2, -0.15) is 0 Å². The summed E-state index contributed by atoms with van der Waals surface area (Å²) >= 11 is 0. The molecule has 4 rings (SSSR count). The van der Waals surface area contributed by atoms with Crippen molar-refractivity contribution in [2.75, 3.05) is 0 Å². The van der Waals surface area contributed by atoms with Crippen molar-refractivity contribution in [2.24, 2.45) is 5.92 Å². The SMILES string of the molecule is O=C1C[C@H](C2C=c3ccccc3=CC2)Oc2ccccc21.